The summed E-state index contributed by atoms with van der Waals surface area (Å²) in [7, 11) is 0. The van der Waals surface area contributed by atoms with Gasteiger partial charge in [0.1, 0.15) is 0 Å². The average Bonchev–Trinajstić information content (AvgIpc) is 2.33. The number of nitrogens with two attached hydrogens (primary N) is 1. The zero-order valence-electron chi connectivity index (χ0n) is 10.4. The summed E-state index contributed by atoms with van der Waals surface area (Å²) in [5, 5.41) is 0. The van der Waals surface area contributed by atoms with Crippen molar-refractivity contribution in [3.63, 3.8) is 0 Å². The highest BCUT2D eigenvalue weighted by Gasteiger charge is 2.21. The molecule has 1 aromatic carbocycles. The van der Waals surface area contributed by atoms with Crippen LogP contribution in [0.25, 0.3) is 0 Å². The lowest BCUT2D eigenvalue weighted by molar-refractivity contribution is 0.166. The summed E-state index contributed by atoms with van der Waals surface area (Å²) in [6.07, 6.45) is 2.49. The lowest BCUT2D eigenvalue weighted by atomic mass is 9.91. The number of rotatable bonds is 3. The molecule has 1 fully saturated rings. The van der Waals surface area contributed by atoms with Crippen LogP contribution in [0, 0.1) is 5.92 Å². The Labute approximate surface area is 112 Å². The molecule has 1 aliphatic rings. The first kappa shape index (κ1) is 13.1. The summed E-state index contributed by atoms with van der Waals surface area (Å²) >= 11 is 3.47. The van der Waals surface area contributed by atoms with Gasteiger partial charge in [-0.05, 0) is 56.5 Å². The number of benzene rings is 1. The first-order chi connectivity index (χ1) is 8.15. The Morgan fingerprint density at radius 2 is 1.88 bits per heavy atom. The first-order valence-electron chi connectivity index (χ1n) is 6.37. The van der Waals surface area contributed by atoms with Crippen molar-refractivity contribution in [3.05, 3.63) is 34.3 Å². The van der Waals surface area contributed by atoms with Crippen molar-refractivity contribution in [2.75, 3.05) is 13.1 Å². The number of halogens is 1. The van der Waals surface area contributed by atoms with E-state index < -0.39 is 0 Å². The first-order valence-corrected chi connectivity index (χ1v) is 7.17. The van der Waals surface area contributed by atoms with Crippen molar-refractivity contribution in [1.82, 2.24) is 4.90 Å². The summed E-state index contributed by atoms with van der Waals surface area (Å²) in [6, 6.07) is 8.97. The third-order valence-corrected chi connectivity index (χ3v) is 4.22. The Morgan fingerprint density at radius 1 is 1.29 bits per heavy atom. The SMILES string of the molecule is CC(N)C1CCN(Cc2ccc(Br)cc2)CC1. The molecule has 3 heteroatoms. The van der Waals surface area contributed by atoms with Crippen LogP contribution in [0.2, 0.25) is 0 Å². The molecule has 17 heavy (non-hydrogen) atoms. The van der Waals surface area contributed by atoms with Gasteiger partial charge in [0.15, 0.2) is 0 Å². The minimum Gasteiger partial charge on any atom is -0.328 e. The van der Waals surface area contributed by atoms with Crippen molar-refractivity contribution in [2.45, 2.75) is 32.4 Å². The van der Waals surface area contributed by atoms with Gasteiger partial charge in [0.25, 0.3) is 0 Å². The maximum atomic E-state index is 5.96. The molecule has 2 N–H and O–H groups in total. The largest absolute Gasteiger partial charge is 0.328 e. The van der Waals surface area contributed by atoms with Gasteiger partial charge in [-0.15, -0.1) is 0 Å². The van der Waals surface area contributed by atoms with Gasteiger partial charge in [-0.2, -0.15) is 0 Å². The molecule has 1 heterocycles. The predicted molar refractivity (Wildman–Crippen MR) is 75.8 cm³/mol. The number of hydrogen-bond acceptors (Lipinski definition) is 2. The molecular formula is C14H21BrN2. The van der Waals surface area contributed by atoms with Crippen molar-refractivity contribution in [2.24, 2.45) is 11.7 Å². The fourth-order valence-electron chi connectivity index (χ4n) is 2.48. The molecule has 2 nitrogen and oxygen atoms in total. The number of hydrogen-bond donors (Lipinski definition) is 1. The Hall–Kier alpha value is -0.380. The van der Waals surface area contributed by atoms with E-state index in [4.69, 9.17) is 5.73 Å². The van der Waals surface area contributed by atoms with E-state index in [1.54, 1.807) is 0 Å². The minimum absolute atomic E-state index is 0.352. The highest BCUT2D eigenvalue weighted by atomic mass is 79.9. The molecule has 0 spiro atoms. The lowest BCUT2D eigenvalue weighted by Crippen LogP contribution is -2.39. The van der Waals surface area contributed by atoms with Crippen LogP contribution in [0.1, 0.15) is 25.3 Å². The smallest absolute Gasteiger partial charge is 0.0233 e. The van der Waals surface area contributed by atoms with Crippen LogP contribution < -0.4 is 5.73 Å². The molecule has 0 radical (unpaired) electrons. The molecule has 0 bridgehead atoms. The Balaban J connectivity index is 1.84. The summed E-state index contributed by atoms with van der Waals surface area (Å²) in [5.74, 6) is 0.719. The molecule has 1 saturated heterocycles. The third-order valence-electron chi connectivity index (χ3n) is 3.70. The average molecular weight is 297 g/mol. The van der Waals surface area contributed by atoms with Crippen LogP contribution in [0.4, 0.5) is 0 Å². The Morgan fingerprint density at radius 3 is 2.41 bits per heavy atom. The van der Waals surface area contributed by atoms with E-state index in [2.05, 4.69) is 52.0 Å². The van der Waals surface area contributed by atoms with E-state index >= 15 is 0 Å². The van der Waals surface area contributed by atoms with Crippen molar-refractivity contribution < 1.29 is 0 Å². The highest BCUT2D eigenvalue weighted by Crippen LogP contribution is 2.21. The molecule has 2 rings (SSSR count). The van der Waals surface area contributed by atoms with Gasteiger partial charge < -0.3 is 5.73 Å². The summed E-state index contributed by atoms with van der Waals surface area (Å²) in [4.78, 5) is 2.53. The van der Waals surface area contributed by atoms with Crippen LogP contribution in [-0.2, 0) is 6.54 Å². The van der Waals surface area contributed by atoms with Crippen LogP contribution in [0.3, 0.4) is 0 Å². The summed E-state index contributed by atoms with van der Waals surface area (Å²) < 4.78 is 1.15. The predicted octanol–water partition coefficient (Wildman–Crippen LogP) is 3.01. The van der Waals surface area contributed by atoms with Crippen LogP contribution >= 0.6 is 15.9 Å². The topological polar surface area (TPSA) is 29.3 Å². The van der Waals surface area contributed by atoms with E-state index in [9.17, 15) is 0 Å². The standard InChI is InChI=1S/C14H21BrN2/c1-11(16)13-6-8-17(9-7-13)10-12-2-4-14(15)5-3-12/h2-5,11,13H,6-10,16H2,1H3. The quantitative estimate of drug-likeness (QED) is 0.929. The van der Waals surface area contributed by atoms with Gasteiger partial charge in [0.2, 0.25) is 0 Å². The number of likely N-dealkylation sites (tertiary alicyclic amines) is 1. The summed E-state index contributed by atoms with van der Waals surface area (Å²) in [6.45, 7) is 5.57. The highest BCUT2D eigenvalue weighted by molar-refractivity contribution is 9.10. The van der Waals surface area contributed by atoms with Crippen molar-refractivity contribution >= 4 is 15.9 Å². The molecule has 0 amide bonds. The van der Waals surface area contributed by atoms with Crippen molar-refractivity contribution in [1.29, 1.82) is 0 Å². The van der Waals surface area contributed by atoms with Crippen LogP contribution in [0.15, 0.2) is 28.7 Å². The van der Waals surface area contributed by atoms with E-state index in [0.29, 0.717) is 6.04 Å². The zero-order chi connectivity index (χ0) is 12.3. The second kappa shape index (κ2) is 5.98. The molecule has 0 aromatic heterocycles. The molecule has 1 unspecified atom stereocenters. The monoisotopic (exact) mass is 296 g/mol. The van der Waals surface area contributed by atoms with E-state index in [-0.39, 0.29) is 0 Å². The zero-order valence-corrected chi connectivity index (χ0v) is 12.0. The van der Waals surface area contributed by atoms with Crippen molar-refractivity contribution in [3.8, 4) is 0 Å². The lowest BCUT2D eigenvalue weighted by Gasteiger charge is -2.33. The minimum atomic E-state index is 0.352. The normalized spacial score (nSPS) is 20.4. The Kier molecular flexibility index (Phi) is 4.60. The Bertz CT molecular complexity index is 340. The molecule has 0 aliphatic carbocycles. The summed E-state index contributed by atoms with van der Waals surface area (Å²) in [5.41, 5.74) is 7.35. The molecule has 1 aromatic rings. The molecule has 94 valence electrons. The molecule has 1 aliphatic heterocycles. The van der Waals surface area contributed by atoms with Gasteiger partial charge >= 0.3 is 0 Å². The van der Waals surface area contributed by atoms with Crippen LogP contribution in [0.5, 0.6) is 0 Å². The third kappa shape index (κ3) is 3.80. The van der Waals surface area contributed by atoms with Gasteiger partial charge in [-0.25, -0.2) is 0 Å². The van der Waals surface area contributed by atoms with Gasteiger partial charge in [0, 0.05) is 17.1 Å². The maximum Gasteiger partial charge on any atom is 0.0233 e. The molecular weight excluding hydrogens is 276 g/mol. The van der Waals surface area contributed by atoms with E-state index in [1.165, 1.54) is 31.5 Å². The van der Waals surface area contributed by atoms with E-state index in [0.717, 1.165) is 16.9 Å². The number of nitrogens with zero attached hydrogens (tertiary/aromatic N) is 1. The van der Waals surface area contributed by atoms with Gasteiger partial charge in [0.05, 0.1) is 0 Å². The van der Waals surface area contributed by atoms with E-state index in [1.807, 2.05) is 0 Å². The van der Waals surface area contributed by atoms with Crippen LogP contribution in [-0.4, -0.2) is 24.0 Å². The molecule has 0 saturated carbocycles. The second-order valence-electron chi connectivity index (χ2n) is 5.10. The fourth-order valence-corrected chi connectivity index (χ4v) is 2.75. The molecule has 1 atom stereocenters. The number of piperidine rings is 1. The van der Waals surface area contributed by atoms with Gasteiger partial charge in [-0.1, -0.05) is 28.1 Å². The fraction of sp³-hybridized carbons (Fsp3) is 0.571. The van der Waals surface area contributed by atoms with Gasteiger partial charge in [-0.3, -0.25) is 4.90 Å². The maximum absolute atomic E-state index is 5.96. The second-order valence-corrected chi connectivity index (χ2v) is 6.01.